The van der Waals surface area contributed by atoms with E-state index >= 15 is 0 Å². The summed E-state index contributed by atoms with van der Waals surface area (Å²) in [5.41, 5.74) is 6.65. The Hall–Kier alpha value is -3.41. The summed E-state index contributed by atoms with van der Waals surface area (Å²) < 4.78 is 24.7. The molecule has 0 bridgehead atoms. The first-order chi connectivity index (χ1) is 16.9. The molecule has 0 unspecified atom stereocenters. The van der Waals surface area contributed by atoms with E-state index in [-0.39, 0.29) is 10.3 Å². The number of halogens is 1. The fourth-order valence-corrected chi connectivity index (χ4v) is 4.83. The van der Waals surface area contributed by atoms with Gasteiger partial charge in [-0.15, -0.1) is 0 Å². The molecule has 0 amide bonds. The predicted octanol–water partition coefficient (Wildman–Crippen LogP) is 7.85. The zero-order valence-corrected chi connectivity index (χ0v) is 22.4. The second-order valence-electron chi connectivity index (χ2n) is 9.82. The monoisotopic (exact) mass is 516 g/mol. The number of pyridine rings is 1. The molecule has 36 heavy (non-hydrogen) atoms. The van der Waals surface area contributed by atoms with Crippen molar-refractivity contribution in [3.8, 4) is 22.4 Å². The van der Waals surface area contributed by atoms with Crippen LogP contribution in [0.4, 0.5) is 5.69 Å². The topological polar surface area (TPSA) is 59.1 Å². The Bertz CT molecular complexity index is 1540. The Kier molecular flexibility index (Phi) is 7.07. The molecule has 0 atom stereocenters. The predicted molar refractivity (Wildman–Crippen MR) is 151 cm³/mol. The van der Waals surface area contributed by atoms with Gasteiger partial charge in [-0.1, -0.05) is 75.3 Å². The Morgan fingerprint density at radius 3 is 2.36 bits per heavy atom. The number of sulfone groups is 1. The third kappa shape index (κ3) is 5.69. The number of benzene rings is 3. The van der Waals surface area contributed by atoms with Crippen LogP contribution in [0.5, 0.6) is 0 Å². The lowest BCUT2D eigenvalue weighted by Gasteiger charge is -2.21. The van der Waals surface area contributed by atoms with Gasteiger partial charge < -0.3 is 5.32 Å². The minimum absolute atomic E-state index is 0.0505. The third-order valence-corrected chi connectivity index (χ3v) is 7.43. The second-order valence-corrected chi connectivity index (χ2v) is 12.2. The van der Waals surface area contributed by atoms with Gasteiger partial charge in [0.1, 0.15) is 0 Å². The molecule has 0 saturated heterocycles. The zero-order chi connectivity index (χ0) is 26.1. The molecule has 4 rings (SSSR count). The van der Waals surface area contributed by atoms with Crippen molar-refractivity contribution in [2.45, 2.75) is 31.1 Å². The average molecular weight is 517 g/mol. The smallest absolute Gasteiger partial charge is 0.175 e. The largest absolute Gasteiger partial charge is 0.355 e. The molecule has 0 saturated carbocycles. The molecule has 0 aliphatic rings. The van der Waals surface area contributed by atoms with Crippen LogP contribution in [0, 0.1) is 0 Å². The van der Waals surface area contributed by atoms with E-state index in [9.17, 15) is 8.42 Å². The van der Waals surface area contributed by atoms with E-state index in [0.29, 0.717) is 10.7 Å². The maximum absolute atomic E-state index is 12.4. The van der Waals surface area contributed by atoms with Gasteiger partial charge in [0, 0.05) is 35.0 Å². The molecule has 4 aromatic rings. The molecule has 6 heteroatoms. The van der Waals surface area contributed by atoms with Gasteiger partial charge in [0.05, 0.1) is 15.6 Å². The van der Waals surface area contributed by atoms with Gasteiger partial charge in [-0.25, -0.2) is 8.42 Å². The molecule has 4 nitrogen and oxygen atoms in total. The average Bonchev–Trinajstić information content (AvgIpc) is 2.84. The van der Waals surface area contributed by atoms with E-state index in [2.05, 4.69) is 49.8 Å². The summed E-state index contributed by atoms with van der Waals surface area (Å²) in [6.07, 6.45) is 2.95. The number of aromatic nitrogens is 1. The standard InChI is InChI=1S/C30H29ClN2O2S/c1-20(33-23-12-15-28(31)27(18-23)29-11-6-7-16-32-29)25-14-13-24(36(5,34)35)19-26(25)21-9-8-10-22(17-21)30(2,3)4/h6-19,33H,1H2,2-5H3. The summed E-state index contributed by atoms with van der Waals surface area (Å²) >= 11 is 6.45. The molecule has 1 N–H and O–H groups in total. The number of nitrogens with zero attached hydrogens (tertiary/aromatic N) is 1. The van der Waals surface area contributed by atoms with E-state index in [4.69, 9.17) is 11.6 Å². The van der Waals surface area contributed by atoms with Crippen LogP contribution < -0.4 is 5.32 Å². The summed E-state index contributed by atoms with van der Waals surface area (Å²) in [6.45, 7) is 10.7. The van der Waals surface area contributed by atoms with Crippen LogP contribution in [0.3, 0.4) is 0 Å². The molecule has 0 aliphatic carbocycles. The normalized spacial score (nSPS) is 11.8. The summed E-state index contributed by atoms with van der Waals surface area (Å²) in [4.78, 5) is 4.67. The Labute approximate surface area is 218 Å². The Balaban J connectivity index is 1.77. The van der Waals surface area contributed by atoms with Crippen molar-refractivity contribution < 1.29 is 8.42 Å². The van der Waals surface area contributed by atoms with Crippen molar-refractivity contribution in [1.82, 2.24) is 4.98 Å². The first-order valence-electron chi connectivity index (χ1n) is 11.6. The van der Waals surface area contributed by atoms with E-state index in [1.54, 1.807) is 24.4 Å². The number of nitrogens with one attached hydrogen (secondary N) is 1. The number of anilines is 1. The number of hydrogen-bond donors (Lipinski definition) is 1. The van der Waals surface area contributed by atoms with Gasteiger partial charge in [-0.3, -0.25) is 4.98 Å². The number of hydrogen-bond acceptors (Lipinski definition) is 4. The first kappa shape index (κ1) is 25.7. The van der Waals surface area contributed by atoms with E-state index in [0.717, 1.165) is 39.2 Å². The summed E-state index contributed by atoms with van der Waals surface area (Å²) in [6, 6.07) is 24.7. The molecular formula is C30H29ClN2O2S. The van der Waals surface area contributed by atoms with Crippen molar-refractivity contribution in [3.05, 3.63) is 108 Å². The van der Waals surface area contributed by atoms with E-state index < -0.39 is 9.84 Å². The van der Waals surface area contributed by atoms with Crippen molar-refractivity contribution in [1.29, 1.82) is 0 Å². The van der Waals surface area contributed by atoms with Gasteiger partial charge in [-0.05, 0) is 64.6 Å². The van der Waals surface area contributed by atoms with Crippen molar-refractivity contribution in [2.24, 2.45) is 0 Å². The van der Waals surface area contributed by atoms with Crippen LogP contribution in [-0.4, -0.2) is 19.7 Å². The fourth-order valence-electron chi connectivity index (χ4n) is 3.97. The van der Waals surface area contributed by atoms with Crippen LogP contribution >= 0.6 is 11.6 Å². The molecule has 0 aliphatic heterocycles. The van der Waals surface area contributed by atoms with Gasteiger partial charge in [0.25, 0.3) is 0 Å². The highest BCUT2D eigenvalue weighted by Crippen LogP contribution is 2.35. The maximum Gasteiger partial charge on any atom is 0.175 e. The van der Waals surface area contributed by atoms with Crippen molar-refractivity contribution in [3.63, 3.8) is 0 Å². The molecule has 184 valence electrons. The highest BCUT2D eigenvalue weighted by Gasteiger charge is 2.18. The SMILES string of the molecule is C=C(Nc1ccc(Cl)c(-c2ccccn2)c1)c1ccc(S(C)(=O)=O)cc1-c1cccc(C(C)(C)C)c1. The lowest BCUT2D eigenvalue weighted by molar-refractivity contribution is 0.590. The van der Waals surface area contributed by atoms with Crippen LogP contribution in [0.15, 0.2) is 96.5 Å². The molecule has 3 aromatic carbocycles. The van der Waals surface area contributed by atoms with Crippen LogP contribution in [0.2, 0.25) is 5.02 Å². The summed E-state index contributed by atoms with van der Waals surface area (Å²) in [5, 5.41) is 3.98. The lowest BCUT2D eigenvalue weighted by Crippen LogP contribution is -2.11. The Morgan fingerprint density at radius 1 is 0.917 bits per heavy atom. The Morgan fingerprint density at radius 2 is 1.69 bits per heavy atom. The van der Waals surface area contributed by atoms with Gasteiger partial charge in [0.15, 0.2) is 9.84 Å². The van der Waals surface area contributed by atoms with Crippen molar-refractivity contribution in [2.75, 3.05) is 11.6 Å². The summed E-state index contributed by atoms with van der Waals surface area (Å²) in [5.74, 6) is 0. The van der Waals surface area contributed by atoms with Crippen LogP contribution in [0.25, 0.3) is 28.1 Å². The minimum atomic E-state index is -3.39. The van der Waals surface area contributed by atoms with Crippen LogP contribution in [0.1, 0.15) is 31.9 Å². The molecule has 0 radical (unpaired) electrons. The highest BCUT2D eigenvalue weighted by molar-refractivity contribution is 7.90. The molecule has 0 fully saturated rings. The van der Waals surface area contributed by atoms with Gasteiger partial charge in [-0.2, -0.15) is 0 Å². The van der Waals surface area contributed by atoms with Crippen molar-refractivity contribution >= 4 is 32.8 Å². The van der Waals surface area contributed by atoms with E-state index in [1.807, 2.05) is 48.5 Å². The highest BCUT2D eigenvalue weighted by atomic mass is 35.5. The van der Waals surface area contributed by atoms with Crippen LogP contribution in [-0.2, 0) is 15.3 Å². The molecular weight excluding hydrogens is 488 g/mol. The molecule has 1 aromatic heterocycles. The van der Waals surface area contributed by atoms with E-state index in [1.165, 1.54) is 6.26 Å². The lowest BCUT2D eigenvalue weighted by atomic mass is 9.85. The summed E-state index contributed by atoms with van der Waals surface area (Å²) in [7, 11) is -3.39. The number of rotatable bonds is 6. The second kappa shape index (κ2) is 9.92. The quantitative estimate of drug-likeness (QED) is 0.283. The third-order valence-electron chi connectivity index (χ3n) is 5.99. The fraction of sp³-hybridized carbons (Fsp3) is 0.167. The molecule has 1 heterocycles. The maximum atomic E-state index is 12.4. The zero-order valence-electron chi connectivity index (χ0n) is 20.8. The van der Waals surface area contributed by atoms with Gasteiger partial charge >= 0.3 is 0 Å². The van der Waals surface area contributed by atoms with Gasteiger partial charge in [0.2, 0.25) is 0 Å². The molecule has 0 spiro atoms. The minimum Gasteiger partial charge on any atom is -0.355 e. The first-order valence-corrected chi connectivity index (χ1v) is 13.8.